The van der Waals surface area contributed by atoms with E-state index >= 15 is 0 Å². The minimum Gasteiger partial charge on any atom is -0.396 e. The van der Waals surface area contributed by atoms with Gasteiger partial charge in [-0.15, -0.1) is 0 Å². The molecule has 0 aliphatic carbocycles. The lowest BCUT2D eigenvalue weighted by atomic mass is 9.95. The summed E-state index contributed by atoms with van der Waals surface area (Å²) in [5, 5.41) is 12.5. The van der Waals surface area contributed by atoms with E-state index in [9.17, 15) is 9.90 Å². The van der Waals surface area contributed by atoms with Crippen molar-refractivity contribution in [3.05, 3.63) is 41.2 Å². The van der Waals surface area contributed by atoms with Gasteiger partial charge in [0.05, 0.1) is 16.9 Å². The number of halogens is 1. The van der Waals surface area contributed by atoms with Crippen LogP contribution in [0.5, 0.6) is 0 Å². The number of aliphatic hydroxyl groups excluding tert-OH is 1. The predicted molar refractivity (Wildman–Crippen MR) is 90.1 cm³/mol. The fourth-order valence-electron chi connectivity index (χ4n) is 1.82. The van der Waals surface area contributed by atoms with Crippen LogP contribution >= 0.6 is 11.6 Å². The summed E-state index contributed by atoms with van der Waals surface area (Å²) in [6.45, 7) is 3.92. The van der Waals surface area contributed by atoms with Crippen LogP contribution < -0.4 is 11.1 Å². The number of benzene rings is 1. The second-order valence-electron chi connectivity index (χ2n) is 5.97. The molecule has 0 spiro atoms. The number of anilines is 1. The summed E-state index contributed by atoms with van der Waals surface area (Å²) in [5.41, 5.74) is 6.51. The summed E-state index contributed by atoms with van der Waals surface area (Å²) in [6, 6.07) is 7.15. The van der Waals surface area contributed by atoms with Crippen molar-refractivity contribution in [1.29, 1.82) is 0 Å². The molecule has 23 heavy (non-hydrogen) atoms. The van der Waals surface area contributed by atoms with E-state index < -0.39 is 11.3 Å². The molecule has 0 aliphatic heterocycles. The van der Waals surface area contributed by atoms with Crippen molar-refractivity contribution < 1.29 is 9.90 Å². The molecule has 1 heterocycles. The van der Waals surface area contributed by atoms with Crippen molar-refractivity contribution in [3.63, 3.8) is 0 Å². The first-order chi connectivity index (χ1) is 10.8. The fourth-order valence-corrected chi connectivity index (χ4v) is 2.06. The molecule has 0 saturated carbocycles. The lowest BCUT2D eigenvalue weighted by Crippen LogP contribution is -2.36. The Balaban J connectivity index is 2.28. The maximum Gasteiger partial charge on any atom is 0.273 e. The molecule has 2 aromatic rings. The van der Waals surface area contributed by atoms with E-state index in [2.05, 4.69) is 15.3 Å². The quantitative estimate of drug-likeness (QED) is 0.777. The maximum absolute atomic E-state index is 12.3. The van der Waals surface area contributed by atoms with Gasteiger partial charge in [-0.1, -0.05) is 43.6 Å². The van der Waals surface area contributed by atoms with Crippen molar-refractivity contribution >= 4 is 23.3 Å². The van der Waals surface area contributed by atoms with Gasteiger partial charge in [0.1, 0.15) is 0 Å². The average molecular weight is 335 g/mol. The van der Waals surface area contributed by atoms with E-state index in [1.54, 1.807) is 18.2 Å². The van der Waals surface area contributed by atoms with Crippen LogP contribution in [0.3, 0.4) is 0 Å². The first kappa shape index (κ1) is 17.2. The Hall–Kier alpha value is -2.18. The van der Waals surface area contributed by atoms with Gasteiger partial charge >= 0.3 is 0 Å². The highest BCUT2D eigenvalue weighted by Gasteiger charge is 2.20. The number of carbonyl (C=O) groups excluding carboxylic acids is 1. The second kappa shape index (κ2) is 6.93. The molecule has 1 aromatic carbocycles. The molecule has 1 amide bonds. The normalized spacial score (nSPS) is 11.3. The second-order valence-corrected chi connectivity index (χ2v) is 6.38. The molecule has 7 heteroatoms. The molecule has 0 fully saturated rings. The third-order valence-electron chi connectivity index (χ3n) is 3.32. The average Bonchev–Trinajstić information content (AvgIpc) is 2.54. The van der Waals surface area contributed by atoms with Gasteiger partial charge in [0.15, 0.2) is 11.5 Å². The number of nitrogens with zero attached hydrogens (tertiary/aromatic N) is 2. The van der Waals surface area contributed by atoms with Crippen molar-refractivity contribution in [2.75, 3.05) is 18.9 Å². The number of amides is 1. The third kappa shape index (κ3) is 4.18. The standard InChI is InChI=1S/C16H19ClN4O2/c1-16(2,9-22)8-20-15(23)13-14(18)19-7-12(21-13)10-5-3-4-6-11(10)17/h3-7,22H,8-9H2,1-2H3,(H2,18,19)(H,20,23). The summed E-state index contributed by atoms with van der Waals surface area (Å²) < 4.78 is 0. The number of nitrogen functional groups attached to an aromatic ring is 1. The number of aliphatic hydroxyl groups is 1. The van der Waals surface area contributed by atoms with E-state index in [1.807, 2.05) is 19.9 Å². The number of aromatic nitrogens is 2. The number of hydrogen-bond acceptors (Lipinski definition) is 5. The molecule has 0 unspecified atom stereocenters. The smallest absolute Gasteiger partial charge is 0.273 e. The van der Waals surface area contributed by atoms with Crippen LogP contribution in [0, 0.1) is 5.41 Å². The van der Waals surface area contributed by atoms with E-state index in [-0.39, 0.29) is 18.1 Å². The van der Waals surface area contributed by atoms with Gasteiger partial charge in [-0.2, -0.15) is 0 Å². The number of hydrogen-bond donors (Lipinski definition) is 3. The Morgan fingerprint density at radius 3 is 2.74 bits per heavy atom. The summed E-state index contributed by atoms with van der Waals surface area (Å²) in [6.07, 6.45) is 1.48. The molecule has 6 nitrogen and oxygen atoms in total. The van der Waals surface area contributed by atoms with E-state index in [4.69, 9.17) is 17.3 Å². The largest absolute Gasteiger partial charge is 0.396 e. The minimum atomic E-state index is -0.439. The summed E-state index contributed by atoms with van der Waals surface area (Å²) in [4.78, 5) is 20.6. The molecule has 0 bridgehead atoms. The molecule has 1 aromatic heterocycles. The Morgan fingerprint density at radius 2 is 2.09 bits per heavy atom. The lowest BCUT2D eigenvalue weighted by Gasteiger charge is -2.21. The number of carbonyl (C=O) groups is 1. The number of rotatable bonds is 5. The monoisotopic (exact) mass is 334 g/mol. The topological polar surface area (TPSA) is 101 Å². The third-order valence-corrected chi connectivity index (χ3v) is 3.65. The van der Waals surface area contributed by atoms with Crippen molar-refractivity contribution in [2.24, 2.45) is 5.41 Å². The van der Waals surface area contributed by atoms with E-state index in [1.165, 1.54) is 6.20 Å². The maximum atomic E-state index is 12.3. The van der Waals surface area contributed by atoms with Crippen LogP contribution in [-0.4, -0.2) is 34.1 Å². The molecular weight excluding hydrogens is 316 g/mol. The minimum absolute atomic E-state index is 0.0381. The molecule has 0 atom stereocenters. The SMILES string of the molecule is CC(C)(CO)CNC(=O)c1nc(-c2ccccc2Cl)cnc1N. The van der Waals surface area contributed by atoms with Crippen molar-refractivity contribution in [3.8, 4) is 11.3 Å². The molecule has 0 saturated heterocycles. The zero-order valence-corrected chi connectivity index (χ0v) is 13.8. The van der Waals surface area contributed by atoms with Crippen LogP contribution in [0.1, 0.15) is 24.3 Å². The number of nitrogens with two attached hydrogens (primary N) is 1. The molecule has 122 valence electrons. The summed E-state index contributed by atoms with van der Waals surface area (Å²) in [5.74, 6) is -0.398. The van der Waals surface area contributed by atoms with Gasteiger partial charge in [0.2, 0.25) is 0 Å². The molecule has 2 rings (SSSR count). The Kier molecular flexibility index (Phi) is 5.18. The van der Waals surface area contributed by atoms with Gasteiger partial charge < -0.3 is 16.2 Å². The van der Waals surface area contributed by atoms with Crippen LogP contribution in [0.25, 0.3) is 11.3 Å². The Labute approximate surface area is 139 Å². The lowest BCUT2D eigenvalue weighted by molar-refractivity contribution is 0.0907. The van der Waals surface area contributed by atoms with Gasteiger partial charge in [-0.05, 0) is 6.07 Å². The van der Waals surface area contributed by atoms with Gasteiger partial charge in [-0.25, -0.2) is 9.97 Å². The molecular formula is C16H19ClN4O2. The van der Waals surface area contributed by atoms with Crippen molar-refractivity contribution in [2.45, 2.75) is 13.8 Å². The molecule has 4 N–H and O–H groups in total. The molecule has 0 aliphatic rings. The van der Waals surface area contributed by atoms with Gasteiger partial charge in [0, 0.05) is 24.1 Å². The van der Waals surface area contributed by atoms with E-state index in [0.717, 1.165) is 0 Å². The summed E-state index contributed by atoms with van der Waals surface area (Å²) >= 11 is 6.14. The van der Waals surface area contributed by atoms with Crippen molar-refractivity contribution in [1.82, 2.24) is 15.3 Å². The van der Waals surface area contributed by atoms with Crippen LogP contribution in [-0.2, 0) is 0 Å². The molecule has 0 radical (unpaired) electrons. The predicted octanol–water partition coefficient (Wildman–Crippen LogP) is 2.13. The van der Waals surface area contributed by atoms with Gasteiger partial charge in [0.25, 0.3) is 5.91 Å². The van der Waals surface area contributed by atoms with E-state index in [0.29, 0.717) is 22.8 Å². The summed E-state index contributed by atoms with van der Waals surface area (Å²) in [7, 11) is 0. The highest BCUT2D eigenvalue weighted by Crippen LogP contribution is 2.26. The zero-order chi connectivity index (χ0) is 17.0. The van der Waals surface area contributed by atoms with Crippen LogP contribution in [0.4, 0.5) is 5.82 Å². The fraction of sp³-hybridized carbons (Fsp3) is 0.312. The zero-order valence-electron chi connectivity index (χ0n) is 13.0. The Morgan fingerprint density at radius 1 is 1.39 bits per heavy atom. The Bertz CT molecular complexity index is 719. The first-order valence-electron chi connectivity index (χ1n) is 7.10. The van der Waals surface area contributed by atoms with Crippen LogP contribution in [0.15, 0.2) is 30.5 Å². The van der Waals surface area contributed by atoms with Gasteiger partial charge in [-0.3, -0.25) is 4.79 Å². The number of nitrogens with one attached hydrogen (secondary N) is 1. The van der Waals surface area contributed by atoms with Crippen LogP contribution in [0.2, 0.25) is 5.02 Å². The first-order valence-corrected chi connectivity index (χ1v) is 7.48. The highest BCUT2D eigenvalue weighted by atomic mass is 35.5. The highest BCUT2D eigenvalue weighted by molar-refractivity contribution is 6.33.